The molecule has 1 fully saturated rings. The first-order chi connectivity index (χ1) is 13.1. The number of methoxy groups -OCH3 is 1. The summed E-state index contributed by atoms with van der Waals surface area (Å²) < 4.78 is 15.6. The van der Waals surface area contributed by atoms with Crippen LogP contribution in [0, 0.1) is 0 Å². The van der Waals surface area contributed by atoms with Crippen molar-refractivity contribution in [2.75, 3.05) is 7.11 Å². The summed E-state index contributed by atoms with van der Waals surface area (Å²) in [5, 5.41) is 38.6. The van der Waals surface area contributed by atoms with Gasteiger partial charge in [0, 0.05) is 0 Å². The van der Waals surface area contributed by atoms with Crippen molar-refractivity contribution in [1.29, 1.82) is 0 Å². The first-order valence-electron chi connectivity index (χ1n) is 8.53. The normalized spacial score (nSPS) is 28.3. The van der Waals surface area contributed by atoms with Crippen LogP contribution in [0.15, 0.2) is 30.3 Å². The molecule has 1 aromatic rings. The standard InChI is InChI=1S/C19H24O9/c1-19(2,12(20)9-6-10-4-7-11(26-3)8-5-10)28-18-15(23)13(21)14(22)16(27-18)17(24)25/h4-9,13-16,18,21-23H,1-3H3,(H,24,25)/b9-6+. The van der Waals surface area contributed by atoms with Gasteiger partial charge in [-0.3, -0.25) is 4.79 Å². The fourth-order valence-electron chi connectivity index (χ4n) is 2.59. The van der Waals surface area contributed by atoms with Gasteiger partial charge in [0.2, 0.25) is 0 Å². The minimum absolute atomic E-state index is 0.480. The van der Waals surface area contributed by atoms with E-state index in [0.717, 1.165) is 5.56 Å². The van der Waals surface area contributed by atoms with Gasteiger partial charge in [0.15, 0.2) is 18.2 Å². The number of hydrogen-bond acceptors (Lipinski definition) is 8. The van der Waals surface area contributed by atoms with Crippen LogP contribution in [-0.4, -0.2) is 75.6 Å². The molecule has 4 N–H and O–H groups in total. The van der Waals surface area contributed by atoms with Gasteiger partial charge in [-0.1, -0.05) is 18.2 Å². The summed E-state index contributed by atoms with van der Waals surface area (Å²) in [6.45, 7) is 2.83. The third-order valence-electron chi connectivity index (χ3n) is 4.36. The second kappa shape index (κ2) is 8.80. The summed E-state index contributed by atoms with van der Waals surface area (Å²) in [4.78, 5) is 23.6. The molecule has 2 rings (SSSR count). The van der Waals surface area contributed by atoms with Gasteiger partial charge in [-0.05, 0) is 37.6 Å². The van der Waals surface area contributed by atoms with Gasteiger partial charge in [-0.2, -0.15) is 0 Å². The van der Waals surface area contributed by atoms with Crippen LogP contribution >= 0.6 is 0 Å². The maximum absolute atomic E-state index is 12.5. The van der Waals surface area contributed by atoms with E-state index in [1.807, 2.05) is 0 Å². The number of aliphatic carboxylic acids is 1. The average molecular weight is 396 g/mol. The summed E-state index contributed by atoms with van der Waals surface area (Å²) >= 11 is 0. The van der Waals surface area contributed by atoms with Crippen LogP contribution in [0.1, 0.15) is 19.4 Å². The van der Waals surface area contributed by atoms with E-state index >= 15 is 0 Å². The van der Waals surface area contributed by atoms with Gasteiger partial charge in [0.25, 0.3) is 0 Å². The van der Waals surface area contributed by atoms with Gasteiger partial charge in [0.1, 0.15) is 29.7 Å². The van der Waals surface area contributed by atoms with Crippen molar-refractivity contribution in [3.05, 3.63) is 35.9 Å². The Bertz CT molecular complexity index is 725. The molecule has 1 aromatic carbocycles. The van der Waals surface area contributed by atoms with Crippen molar-refractivity contribution in [3.63, 3.8) is 0 Å². The number of aliphatic hydroxyl groups excluding tert-OH is 3. The maximum atomic E-state index is 12.5. The van der Waals surface area contributed by atoms with Gasteiger partial charge < -0.3 is 34.6 Å². The van der Waals surface area contributed by atoms with Crippen molar-refractivity contribution in [2.24, 2.45) is 0 Å². The Morgan fingerprint density at radius 2 is 1.68 bits per heavy atom. The number of carboxylic acids is 1. The zero-order valence-electron chi connectivity index (χ0n) is 15.7. The minimum Gasteiger partial charge on any atom is -0.497 e. The zero-order valence-corrected chi connectivity index (χ0v) is 15.7. The SMILES string of the molecule is COc1ccc(/C=C/C(=O)C(C)(C)OC2OC(C(=O)O)C(O)C(O)C2O)cc1. The molecule has 0 radical (unpaired) electrons. The highest BCUT2D eigenvalue weighted by molar-refractivity contribution is 5.99. The van der Waals surface area contributed by atoms with Gasteiger partial charge in [0.05, 0.1) is 7.11 Å². The molecule has 1 aliphatic heterocycles. The number of carbonyl (C=O) groups excluding carboxylic acids is 1. The van der Waals surface area contributed by atoms with Crippen molar-refractivity contribution in [3.8, 4) is 5.75 Å². The van der Waals surface area contributed by atoms with Crippen LogP contribution in [0.4, 0.5) is 0 Å². The summed E-state index contributed by atoms with van der Waals surface area (Å²) in [5.74, 6) is -1.34. The summed E-state index contributed by atoms with van der Waals surface area (Å²) in [5.41, 5.74) is -0.761. The third-order valence-corrected chi connectivity index (χ3v) is 4.36. The monoisotopic (exact) mass is 396 g/mol. The molecule has 0 aliphatic carbocycles. The van der Waals surface area contributed by atoms with Crippen LogP contribution in [0.3, 0.4) is 0 Å². The number of ketones is 1. The van der Waals surface area contributed by atoms with E-state index < -0.39 is 48.1 Å². The van der Waals surface area contributed by atoms with Crippen LogP contribution in [-0.2, 0) is 19.1 Å². The Labute approximate surface area is 161 Å². The number of ether oxygens (including phenoxy) is 3. The molecule has 0 amide bonds. The van der Waals surface area contributed by atoms with E-state index in [0.29, 0.717) is 5.75 Å². The number of benzene rings is 1. The Kier molecular flexibility index (Phi) is 6.91. The van der Waals surface area contributed by atoms with E-state index in [4.69, 9.17) is 19.3 Å². The Morgan fingerprint density at radius 1 is 1.07 bits per heavy atom. The van der Waals surface area contributed by atoms with E-state index in [2.05, 4.69) is 0 Å². The summed E-state index contributed by atoms with van der Waals surface area (Å²) in [7, 11) is 1.54. The predicted octanol–water partition coefficient (Wildman–Crippen LogP) is -0.0351. The van der Waals surface area contributed by atoms with Crippen LogP contribution < -0.4 is 4.74 Å². The molecule has 5 unspecified atom stereocenters. The lowest BCUT2D eigenvalue weighted by atomic mass is 9.97. The molecule has 28 heavy (non-hydrogen) atoms. The average Bonchev–Trinajstić information content (AvgIpc) is 2.66. The van der Waals surface area contributed by atoms with Gasteiger partial charge in [-0.25, -0.2) is 4.79 Å². The third kappa shape index (κ3) is 4.94. The Balaban J connectivity index is 2.08. The number of carbonyl (C=O) groups is 2. The molecule has 154 valence electrons. The van der Waals surface area contributed by atoms with Crippen LogP contribution in [0.5, 0.6) is 5.75 Å². The number of hydrogen-bond donors (Lipinski definition) is 4. The molecule has 0 saturated carbocycles. The molecule has 9 nitrogen and oxygen atoms in total. The predicted molar refractivity (Wildman–Crippen MR) is 96.5 cm³/mol. The van der Waals surface area contributed by atoms with E-state index in [-0.39, 0.29) is 0 Å². The highest BCUT2D eigenvalue weighted by atomic mass is 16.7. The topological polar surface area (TPSA) is 143 Å². The lowest BCUT2D eigenvalue weighted by molar-refractivity contribution is -0.311. The molecule has 0 spiro atoms. The van der Waals surface area contributed by atoms with Gasteiger partial charge >= 0.3 is 5.97 Å². The van der Waals surface area contributed by atoms with Crippen molar-refractivity contribution in [1.82, 2.24) is 0 Å². The number of aliphatic hydroxyl groups is 3. The first-order valence-corrected chi connectivity index (χ1v) is 8.53. The Hall–Kier alpha value is -2.30. The van der Waals surface area contributed by atoms with Crippen molar-refractivity contribution >= 4 is 17.8 Å². The lowest BCUT2D eigenvalue weighted by Gasteiger charge is -2.41. The molecule has 1 aliphatic rings. The maximum Gasteiger partial charge on any atom is 0.335 e. The smallest absolute Gasteiger partial charge is 0.335 e. The molecule has 1 saturated heterocycles. The van der Waals surface area contributed by atoms with Gasteiger partial charge in [-0.15, -0.1) is 0 Å². The zero-order chi connectivity index (χ0) is 21.1. The number of carboxylic acid groups (broad SMARTS) is 1. The van der Waals surface area contributed by atoms with E-state index in [9.17, 15) is 24.9 Å². The lowest BCUT2D eigenvalue weighted by Crippen LogP contribution is -2.61. The van der Waals surface area contributed by atoms with Crippen molar-refractivity contribution in [2.45, 2.75) is 50.2 Å². The fraction of sp³-hybridized carbons (Fsp3) is 0.474. The largest absolute Gasteiger partial charge is 0.497 e. The first kappa shape index (κ1) is 22.0. The van der Waals surface area contributed by atoms with Crippen LogP contribution in [0.2, 0.25) is 0 Å². The molecule has 0 bridgehead atoms. The second-order valence-corrected chi connectivity index (χ2v) is 6.83. The fourth-order valence-corrected chi connectivity index (χ4v) is 2.59. The van der Waals surface area contributed by atoms with E-state index in [1.165, 1.54) is 19.9 Å². The van der Waals surface area contributed by atoms with Crippen molar-refractivity contribution < 1.29 is 44.2 Å². The molecule has 0 aromatic heterocycles. The highest BCUT2D eigenvalue weighted by Crippen LogP contribution is 2.27. The minimum atomic E-state index is -1.83. The summed E-state index contributed by atoms with van der Waals surface area (Å²) in [6.07, 6.45) is -5.96. The molecular weight excluding hydrogens is 372 g/mol. The molecule has 1 heterocycles. The molecule has 5 atom stereocenters. The summed E-state index contributed by atoms with van der Waals surface area (Å²) in [6, 6.07) is 6.97. The quantitative estimate of drug-likeness (QED) is 0.467. The second-order valence-electron chi connectivity index (χ2n) is 6.83. The number of rotatable bonds is 7. The molecule has 9 heteroatoms. The van der Waals surface area contributed by atoms with E-state index in [1.54, 1.807) is 37.5 Å². The van der Waals surface area contributed by atoms with Crippen LogP contribution in [0.25, 0.3) is 6.08 Å². The highest BCUT2D eigenvalue weighted by Gasteiger charge is 2.49. The Morgan fingerprint density at radius 3 is 2.21 bits per heavy atom. The molecular formula is C19H24O9.